The van der Waals surface area contributed by atoms with Crippen molar-refractivity contribution in [1.29, 1.82) is 5.41 Å². The van der Waals surface area contributed by atoms with E-state index in [1.165, 1.54) is 0 Å². The molecule has 2 rings (SSSR count). The highest BCUT2D eigenvalue weighted by molar-refractivity contribution is 6.07. The SMILES string of the molecule is CC(=N)c1cc(NC(=O)CCC(=O)Nc2cc(/C(C)=N/N=C(N)N)cc(/C(C)=N/N=C(N)N)c2)cc(/C(C)=N/N=C/N)c1. The minimum atomic E-state index is -0.414. The van der Waals surface area contributed by atoms with Crippen molar-refractivity contribution >= 4 is 64.3 Å². The zero-order valence-corrected chi connectivity index (χ0v) is 24.3. The topological polar surface area (TPSA) is 286 Å². The third kappa shape index (κ3) is 11.2. The minimum Gasteiger partial charge on any atom is -0.388 e. The molecule has 0 saturated carbocycles. The molecule has 0 atom stereocenters. The van der Waals surface area contributed by atoms with Gasteiger partial charge in [-0.15, -0.1) is 15.3 Å². The largest absolute Gasteiger partial charge is 0.388 e. The number of nitrogens with two attached hydrogens (primary N) is 5. The van der Waals surface area contributed by atoms with E-state index in [1.54, 1.807) is 64.1 Å². The van der Waals surface area contributed by atoms with Crippen LogP contribution < -0.4 is 39.3 Å². The molecule has 0 bridgehead atoms. The maximum absolute atomic E-state index is 12.8. The van der Waals surface area contributed by atoms with Gasteiger partial charge in [0.2, 0.25) is 23.7 Å². The Kier molecular flexibility index (Phi) is 12.2. The second-order valence-corrected chi connectivity index (χ2v) is 9.19. The molecular weight excluding hydrogens is 552 g/mol. The zero-order chi connectivity index (χ0) is 32.1. The summed E-state index contributed by atoms with van der Waals surface area (Å²) in [7, 11) is 0. The predicted molar refractivity (Wildman–Crippen MR) is 173 cm³/mol. The first-order valence-electron chi connectivity index (χ1n) is 12.8. The highest BCUT2D eigenvalue weighted by Crippen LogP contribution is 2.20. The number of anilines is 2. The Morgan fingerprint density at radius 2 is 1.02 bits per heavy atom. The fourth-order valence-electron chi connectivity index (χ4n) is 3.48. The van der Waals surface area contributed by atoms with Gasteiger partial charge in [0.05, 0.1) is 17.1 Å². The average molecular weight is 589 g/mol. The highest BCUT2D eigenvalue weighted by atomic mass is 16.2. The van der Waals surface area contributed by atoms with Crippen LogP contribution in [0, 0.1) is 5.41 Å². The van der Waals surface area contributed by atoms with E-state index in [1.807, 2.05) is 0 Å². The van der Waals surface area contributed by atoms with Crippen LogP contribution in [0.15, 0.2) is 67.0 Å². The molecule has 0 aliphatic rings. The van der Waals surface area contributed by atoms with E-state index >= 15 is 0 Å². The lowest BCUT2D eigenvalue weighted by Gasteiger charge is -2.12. The number of hydrogen-bond acceptors (Lipinski definition) is 9. The molecular formula is C27H36N14O2. The summed E-state index contributed by atoms with van der Waals surface area (Å²) in [5, 5.41) is 36.5. The normalized spacial score (nSPS) is 12.0. The number of amides is 2. The van der Waals surface area contributed by atoms with E-state index in [0.717, 1.165) is 6.34 Å². The summed E-state index contributed by atoms with van der Waals surface area (Å²) in [5.41, 5.74) is 31.8. The fourth-order valence-corrected chi connectivity index (χ4v) is 3.48. The van der Waals surface area contributed by atoms with Crippen molar-refractivity contribution in [1.82, 2.24) is 0 Å². The highest BCUT2D eigenvalue weighted by Gasteiger charge is 2.13. The molecule has 226 valence electrons. The van der Waals surface area contributed by atoms with Crippen molar-refractivity contribution in [3.05, 3.63) is 58.7 Å². The van der Waals surface area contributed by atoms with Gasteiger partial charge in [-0.3, -0.25) is 9.59 Å². The Hall–Kier alpha value is -5.93. The van der Waals surface area contributed by atoms with E-state index in [4.69, 9.17) is 34.1 Å². The van der Waals surface area contributed by atoms with Crippen molar-refractivity contribution in [2.45, 2.75) is 40.5 Å². The van der Waals surface area contributed by atoms with Gasteiger partial charge in [0.1, 0.15) is 6.34 Å². The molecule has 0 saturated heterocycles. The van der Waals surface area contributed by atoms with Crippen LogP contribution in [0.1, 0.15) is 62.8 Å². The summed E-state index contributed by atoms with van der Waals surface area (Å²) >= 11 is 0. The molecule has 2 aromatic carbocycles. The maximum atomic E-state index is 12.8. The molecule has 43 heavy (non-hydrogen) atoms. The van der Waals surface area contributed by atoms with Gasteiger partial charge >= 0.3 is 0 Å². The van der Waals surface area contributed by atoms with E-state index in [2.05, 4.69) is 41.2 Å². The molecule has 16 nitrogen and oxygen atoms in total. The number of nitrogens with zero attached hydrogens (tertiary/aromatic N) is 6. The number of rotatable bonds is 12. The summed E-state index contributed by atoms with van der Waals surface area (Å²) in [4.78, 5) is 25.6. The lowest BCUT2D eigenvalue weighted by molar-refractivity contribution is -0.121. The Morgan fingerprint density at radius 3 is 1.40 bits per heavy atom. The van der Waals surface area contributed by atoms with Crippen LogP contribution in [0.4, 0.5) is 11.4 Å². The zero-order valence-electron chi connectivity index (χ0n) is 24.3. The molecule has 13 N–H and O–H groups in total. The van der Waals surface area contributed by atoms with Crippen LogP contribution in [-0.4, -0.2) is 52.9 Å². The number of benzene rings is 2. The first-order chi connectivity index (χ1) is 20.3. The Morgan fingerprint density at radius 1 is 0.651 bits per heavy atom. The van der Waals surface area contributed by atoms with Gasteiger partial charge in [-0.1, -0.05) is 0 Å². The van der Waals surface area contributed by atoms with E-state index < -0.39 is 11.8 Å². The van der Waals surface area contributed by atoms with Gasteiger partial charge in [-0.25, -0.2) is 0 Å². The standard InChI is InChI=1S/C27H36N14O2/c1-14(29)18-7-19(15(2)37-34-13-28)10-22(9-18)35-24(42)5-6-25(43)36-23-11-20(16(3)38-40-26(30)31)8-21(12-23)17(4)39-41-27(32)33/h7-13,29H,5-6H2,1-4H3,(H2,28,34)(H,35,42)(H,36,43)(H4,30,31,40)(H4,32,33,41)/b29-14?,37-15+,38-16+,39-17+. The predicted octanol–water partition coefficient (Wildman–Crippen LogP) is 1.14. The number of hydrogen-bond donors (Lipinski definition) is 8. The first-order valence-corrected chi connectivity index (χ1v) is 12.8. The monoisotopic (exact) mass is 588 g/mol. The van der Waals surface area contributed by atoms with Crippen molar-refractivity contribution in [3.8, 4) is 0 Å². The molecule has 0 fully saturated rings. The summed E-state index contributed by atoms with van der Waals surface area (Å²) in [6, 6.07) is 10.2. The molecule has 2 aromatic rings. The summed E-state index contributed by atoms with van der Waals surface area (Å²) in [6.07, 6.45) is 0.834. The third-order valence-corrected chi connectivity index (χ3v) is 5.60. The lowest BCUT2D eigenvalue weighted by Crippen LogP contribution is -2.22. The van der Waals surface area contributed by atoms with Gasteiger partial charge in [0.15, 0.2) is 0 Å². The molecule has 2 amide bonds. The summed E-state index contributed by atoms with van der Waals surface area (Å²) < 4.78 is 0. The molecule has 0 radical (unpaired) electrons. The Balaban J connectivity index is 2.23. The van der Waals surface area contributed by atoms with Crippen LogP contribution in [0.2, 0.25) is 0 Å². The Labute approximate surface area is 248 Å². The van der Waals surface area contributed by atoms with Crippen molar-refractivity contribution in [3.63, 3.8) is 0 Å². The first kappa shape index (κ1) is 33.3. The van der Waals surface area contributed by atoms with E-state index in [9.17, 15) is 9.59 Å². The van der Waals surface area contributed by atoms with Crippen molar-refractivity contribution in [2.24, 2.45) is 59.3 Å². The van der Waals surface area contributed by atoms with Crippen molar-refractivity contribution < 1.29 is 9.59 Å². The van der Waals surface area contributed by atoms with Gasteiger partial charge in [-0.2, -0.15) is 15.3 Å². The molecule has 0 aliphatic carbocycles. The molecule has 16 heteroatoms. The van der Waals surface area contributed by atoms with Crippen LogP contribution >= 0.6 is 0 Å². The van der Waals surface area contributed by atoms with Crippen LogP contribution in [0.25, 0.3) is 0 Å². The van der Waals surface area contributed by atoms with Gasteiger partial charge in [-0.05, 0) is 69.7 Å². The summed E-state index contributed by atoms with van der Waals surface area (Å²) in [5.74, 6) is -1.24. The maximum Gasteiger partial charge on any atom is 0.224 e. The molecule has 0 aromatic heterocycles. The second-order valence-electron chi connectivity index (χ2n) is 9.19. The average Bonchev–Trinajstić information content (AvgIpc) is 2.95. The lowest BCUT2D eigenvalue weighted by atomic mass is 10.0. The van der Waals surface area contributed by atoms with Gasteiger partial charge in [0, 0.05) is 46.6 Å². The van der Waals surface area contributed by atoms with E-state index in [0.29, 0.717) is 56.5 Å². The quantitative estimate of drug-likeness (QED) is 0.101. The summed E-state index contributed by atoms with van der Waals surface area (Å²) in [6.45, 7) is 6.72. The Bertz CT molecular complexity index is 1510. The number of guanidine groups is 2. The smallest absolute Gasteiger partial charge is 0.224 e. The van der Waals surface area contributed by atoms with Gasteiger partial charge < -0.3 is 44.7 Å². The molecule has 0 spiro atoms. The minimum absolute atomic E-state index is 0.109. The second kappa shape index (κ2) is 15.8. The molecule has 0 aliphatic heterocycles. The van der Waals surface area contributed by atoms with Crippen LogP contribution in [0.3, 0.4) is 0 Å². The third-order valence-electron chi connectivity index (χ3n) is 5.60. The number of nitrogens with one attached hydrogen (secondary N) is 3. The van der Waals surface area contributed by atoms with E-state index in [-0.39, 0.29) is 24.8 Å². The molecule has 0 unspecified atom stereocenters. The van der Waals surface area contributed by atoms with Gasteiger partial charge in [0.25, 0.3) is 0 Å². The number of carbonyl (C=O) groups is 2. The fraction of sp³-hybridized carbons (Fsp3) is 0.222. The molecule has 0 heterocycles. The van der Waals surface area contributed by atoms with Crippen LogP contribution in [0.5, 0.6) is 0 Å². The number of carbonyl (C=O) groups excluding carboxylic acids is 2. The van der Waals surface area contributed by atoms with Crippen LogP contribution in [-0.2, 0) is 9.59 Å². The van der Waals surface area contributed by atoms with Crippen molar-refractivity contribution in [2.75, 3.05) is 10.6 Å².